The van der Waals surface area contributed by atoms with E-state index in [1.165, 1.54) is 77.3 Å². The average molecular weight is 223 g/mol. The van der Waals surface area contributed by atoms with Gasteiger partial charge in [0, 0.05) is 0 Å². The van der Waals surface area contributed by atoms with Crippen molar-refractivity contribution < 1.29 is 0 Å². The zero-order chi connectivity index (χ0) is 11.2. The zero-order valence-electron chi connectivity index (χ0n) is 11.1. The molecule has 0 amide bonds. The molecule has 1 atom stereocenters. The first-order chi connectivity index (χ1) is 7.84. The SMILES string of the molecule is CN1CCCC(CCC2CCCCC2)CC1. The van der Waals surface area contributed by atoms with Crippen molar-refractivity contribution in [1.29, 1.82) is 0 Å². The summed E-state index contributed by atoms with van der Waals surface area (Å²) in [6.45, 7) is 2.68. The van der Waals surface area contributed by atoms with Crippen molar-refractivity contribution in [1.82, 2.24) is 4.90 Å². The fraction of sp³-hybridized carbons (Fsp3) is 1.00. The van der Waals surface area contributed by atoms with Crippen LogP contribution in [0.15, 0.2) is 0 Å². The largest absolute Gasteiger partial charge is 0.306 e. The lowest BCUT2D eigenvalue weighted by Gasteiger charge is -2.23. The summed E-state index contributed by atoms with van der Waals surface area (Å²) in [6.07, 6.45) is 15.1. The van der Waals surface area contributed by atoms with E-state index in [1.54, 1.807) is 0 Å². The number of hydrogen-bond acceptors (Lipinski definition) is 1. The van der Waals surface area contributed by atoms with Crippen molar-refractivity contribution >= 4 is 0 Å². The van der Waals surface area contributed by atoms with Gasteiger partial charge in [0.1, 0.15) is 0 Å². The van der Waals surface area contributed by atoms with Gasteiger partial charge < -0.3 is 4.90 Å². The van der Waals surface area contributed by atoms with Crippen molar-refractivity contribution in [2.24, 2.45) is 11.8 Å². The highest BCUT2D eigenvalue weighted by Gasteiger charge is 2.18. The molecule has 0 bridgehead atoms. The maximum atomic E-state index is 2.51. The molecule has 0 N–H and O–H groups in total. The summed E-state index contributed by atoms with van der Waals surface area (Å²) in [4.78, 5) is 2.51. The molecular weight excluding hydrogens is 194 g/mol. The van der Waals surface area contributed by atoms with Crippen LogP contribution in [0.3, 0.4) is 0 Å². The normalized spacial score (nSPS) is 30.2. The molecule has 1 heteroatoms. The second-order valence-corrected chi connectivity index (χ2v) is 6.18. The lowest BCUT2D eigenvalue weighted by Crippen LogP contribution is -2.19. The van der Waals surface area contributed by atoms with Gasteiger partial charge in [-0.05, 0) is 51.2 Å². The summed E-state index contributed by atoms with van der Waals surface area (Å²) in [6, 6.07) is 0. The Balaban J connectivity index is 1.64. The summed E-state index contributed by atoms with van der Waals surface area (Å²) in [5.41, 5.74) is 0. The highest BCUT2D eigenvalue weighted by molar-refractivity contribution is 4.72. The fourth-order valence-electron chi connectivity index (χ4n) is 3.54. The first-order valence-corrected chi connectivity index (χ1v) is 7.53. The lowest BCUT2D eigenvalue weighted by atomic mass is 9.83. The van der Waals surface area contributed by atoms with Crippen LogP contribution in [0.25, 0.3) is 0 Å². The maximum absolute atomic E-state index is 2.51. The van der Waals surface area contributed by atoms with Gasteiger partial charge in [0.15, 0.2) is 0 Å². The molecule has 0 aromatic heterocycles. The molecular formula is C15H29N. The minimum absolute atomic E-state index is 1.05. The summed E-state index contributed by atoms with van der Waals surface area (Å²) in [7, 11) is 2.28. The van der Waals surface area contributed by atoms with Gasteiger partial charge in [-0.3, -0.25) is 0 Å². The molecule has 0 aromatic rings. The van der Waals surface area contributed by atoms with E-state index in [-0.39, 0.29) is 0 Å². The average Bonchev–Trinajstić information content (AvgIpc) is 2.53. The second kappa shape index (κ2) is 6.64. The molecule has 1 saturated carbocycles. The molecule has 2 aliphatic rings. The molecule has 94 valence electrons. The van der Waals surface area contributed by atoms with Crippen molar-refractivity contribution in [3.63, 3.8) is 0 Å². The molecule has 1 saturated heterocycles. The Bertz CT molecular complexity index is 184. The van der Waals surface area contributed by atoms with Crippen LogP contribution >= 0.6 is 0 Å². The third-order valence-electron chi connectivity index (χ3n) is 4.78. The first kappa shape index (κ1) is 12.4. The van der Waals surface area contributed by atoms with Gasteiger partial charge >= 0.3 is 0 Å². The summed E-state index contributed by atoms with van der Waals surface area (Å²) < 4.78 is 0. The molecule has 2 rings (SSSR count). The van der Waals surface area contributed by atoms with Crippen molar-refractivity contribution in [3.8, 4) is 0 Å². The van der Waals surface area contributed by atoms with Gasteiger partial charge in [-0.1, -0.05) is 44.9 Å². The smallest absolute Gasteiger partial charge is 0.00191 e. The zero-order valence-corrected chi connectivity index (χ0v) is 11.1. The predicted molar refractivity (Wildman–Crippen MR) is 70.6 cm³/mol. The van der Waals surface area contributed by atoms with Crippen LogP contribution in [0, 0.1) is 11.8 Å². The number of hydrogen-bond donors (Lipinski definition) is 0. The van der Waals surface area contributed by atoms with Crippen LogP contribution < -0.4 is 0 Å². The number of likely N-dealkylation sites (tertiary alicyclic amines) is 1. The fourth-order valence-corrected chi connectivity index (χ4v) is 3.54. The van der Waals surface area contributed by atoms with E-state index in [2.05, 4.69) is 11.9 Å². The van der Waals surface area contributed by atoms with Gasteiger partial charge in [0.2, 0.25) is 0 Å². The van der Waals surface area contributed by atoms with E-state index in [9.17, 15) is 0 Å². The topological polar surface area (TPSA) is 3.24 Å². The van der Waals surface area contributed by atoms with Gasteiger partial charge in [0.05, 0.1) is 0 Å². The molecule has 1 aliphatic heterocycles. The minimum Gasteiger partial charge on any atom is -0.306 e. The summed E-state index contributed by atoms with van der Waals surface area (Å²) in [5.74, 6) is 2.14. The van der Waals surface area contributed by atoms with Crippen LogP contribution in [0.4, 0.5) is 0 Å². The van der Waals surface area contributed by atoms with Crippen molar-refractivity contribution in [2.75, 3.05) is 20.1 Å². The van der Waals surface area contributed by atoms with E-state index < -0.39 is 0 Å². The molecule has 2 fully saturated rings. The lowest BCUT2D eigenvalue weighted by molar-refractivity contribution is 0.293. The van der Waals surface area contributed by atoms with Crippen molar-refractivity contribution in [3.05, 3.63) is 0 Å². The quantitative estimate of drug-likeness (QED) is 0.697. The molecule has 1 nitrogen and oxygen atoms in total. The molecule has 1 unspecified atom stereocenters. The Kier molecular flexibility index (Phi) is 5.15. The Morgan fingerprint density at radius 1 is 0.750 bits per heavy atom. The van der Waals surface area contributed by atoms with Crippen LogP contribution in [-0.2, 0) is 0 Å². The van der Waals surface area contributed by atoms with Gasteiger partial charge in [-0.25, -0.2) is 0 Å². The van der Waals surface area contributed by atoms with Gasteiger partial charge in [-0.15, -0.1) is 0 Å². The van der Waals surface area contributed by atoms with Gasteiger partial charge in [0.25, 0.3) is 0 Å². The van der Waals surface area contributed by atoms with Crippen molar-refractivity contribution in [2.45, 2.75) is 64.2 Å². The Morgan fingerprint density at radius 3 is 2.12 bits per heavy atom. The van der Waals surface area contributed by atoms with Gasteiger partial charge in [-0.2, -0.15) is 0 Å². The monoisotopic (exact) mass is 223 g/mol. The van der Waals surface area contributed by atoms with E-state index in [1.807, 2.05) is 0 Å². The second-order valence-electron chi connectivity index (χ2n) is 6.18. The van der Waals surface area contributed by atoms with E-state index >= 15 is 0 Å². The predicted octanol–water partition coefficient (Wildman–Crippen LogP) is 4.08. The Morgan fingerprint density at radius 2 is 1.38 bits per heavy atom. The van der Waals surface area contributed by atoms with Crippen LogP contribution in [-0.4, -0.2) is 25.0 Å². The number of rotatable bonds is 3. The molecule has 0 aromatic carbocycles. The molecule has 1 aliphatic carbocycles. The van der Waals surface area contributed by atoms with Crippen LogP contribution in [0.2, 0.25) is 0 Å². The number of nitrogens with zero attached hydrogens (tertiary/aromatic N) is 1. The molecule has 0 radical (unpaired) electrons. The molecule has 1 heterocycles. The summed E-state index contributed by atoms with van der Waals surface area (Å²) >= 11 is 0. The summed E-state index contributed by atoms with van der Waals surface area (Å²) in [5, 5.41) is 0. The van der Waals surface area contributed by atoms with E-state index in [4.69, 9.17) is 0 Å². The van der Waals surface area contributed by atoms with E-state index in [0.29, 0.717) is 0 Å². The standard InChI is InChI=1S/C15H29N/c1-16-12-5-8-15(11-13-16)10-9-14-6-3-2-4-7-14/h14-15H,2-13H2,1H3. The highest BCUT2D eigenvalue weighted by atomic mass is 15.1. The van der Waals surface area contributed by atoms with Crippen LogP contribution in [0.1, 0.15) is 64.2 Å². The molecule has 16 heavy (non-hydrogen) atoms. The minimum atomic E-state index is 1.05. The first-order valence-electron chi connectivity index (χ1n) is 7.53. The third-order valence-corrected chi connectivity index (χ3v) is 4.78. The van der Waals surface area contributed by atoms with Crippen LogP contribution in [0.5, 0.6) is 0 Å². The third kappa shape index (κ3) is 4.08. The Labute approximate surface area is 102 Å². The molecule has 0 spiro atoms. The van der Waals surface area contributed by atoms with E-state index in [0.717, 1.165) is 11.8 Å². The highest BCUT2D eigenvalue weighted by Crippen LogP contribution is 2.31. The Hall–Kier alpha value is -0.0400. The maximum Gasteiger partial charge on any atom is -0.00191 e.